The highest BCUT2D eigenvalue weighted by Gasteiger charge is 2.53. The Hall–Kier alpha value is -0.870. The molecule has 0 saturated heterocycles. The third kappa shape index (κ3) is 4.20. The Kier molecular flexibility index (Phi) is 6.68. The van der Waals surface area contributed by atoms with E-state index >= 15 is 0 Å². The molecule has 10 heteroatoms. The third-order valence-corrected chi connectivity index (χ3v) is 5.76. The predicted octanol–water partition coefficient (Wildman–Crippen LogP) is 2.32. The normalized spacial score (nSPS) is 23.5. The first-order valence-electron chi connectivity index (χ1n) is 7.78. The monoisotopic (exact) mass is 376 g/mol. The van der Waals surface area contributed by atoms with Gasteiger partial charge in [-0.3, -0.25) is 9.35 Å². The Balaban J connectivity index is 2.53. The third-order valence-electron chi connectivity index (χ3n) is 4.82. The molecule has 0 aromatic rings. The van der Waals surface area contributed by atoms with E-state index in [1.807, 2.05) is 0 Å². The van der Waals surface area contributed by atoms with Crippen molar-refractivity contribution in [3.63, 3.8) is 0 Å². The van der Waals surface area contributed by atoms with Gasteiger partial charge in [0.2, 0.25) is 0 Å². The second kappa shape index (κ2) is 7.57. The second-order valence-corrected chi connectivity index (χ2v) is 7.56. The average Bonchev–Trinajstić information content (AvgIpc) is 2.44. The molecule has 0 aromatic heterocycles. The Bertz CT molecular complexity index is 547. The van der Waals surface area contributed by atoms with Crippen LogP contribution in [0.4, 0.5) is 13.2 Å². The summed E-state index contributed by atoms with van der Waals surface area (Å²) < 4.78 is 73.1. The van der Waals surface area contributed by atoms with Gasteiger partial charge in [-0.15, -0.1) is 0 Å². The van der Waals surface area contributed by atoms with Crippen molar-refractivity contribution >= 4 is 16.1 Å². The van der Waals surface area contributed by atoms with Crippen molar-refractivity contribution in [1.82, 2.24) is 0 Å². The van der Waals surface area contributed by atoms with Crippen molar-refractivity contribution in [3.05, 3.63) is 0 Å². The fourth-order valence-electron chi connectivity index (χ4n) is 2.90. The minimum atomic E-state index is -5.88. The molecule has 1 aliphatic carbocycles. The smallest absolute Gasteiger partial charge is 0.400 e. The molecule has 24 heavy (non-hydrogen) atoms. The van der Waals surface area contributed by atoms with Crippen LogP contribution >= 0.6 is 0 Å². The lowest BCUT2D eigenvalue weighted by molar-refractivity contribution is -0.167. The van der Waals surface area contributed by atoms with Gasteiger partial charge in [-0.05, 0) is 25.7 Å². The zero-order chi connectivity index (χ0) is 18.8. The van der Waals surface area contributed by atoms with Crippen LogP contribution < -0.4 is 0 Å². The molecular formula is C14H23F3O6S. The van der Waals surface area contributed by atoms with Crippen LogP contribution in [-0.4, -0.2) is 47.7 Å². The number of hydrogen-bond donors (Lipinski definition) is 2. The molecule has 3 atom stereocenters. The highest BCUT2D eigenvalue weighted by Crippen LogP contribution is 2.45. The summed E-state index contributed by atoms with van der Waals surface area (Å²) in [5.41, 5.74) is -1.01. The van der Waals surface area contributed by atoms with Crippen LogP contribution in [0.2, 0.25) is 0 Å². The summed E-state index contributed by atoms with van der Waals surface area (Å²) >= 11 is 0. The molecule has 2 N–H and O–H groups in total. The van der Waals surface area contributed by atoms with Crippen molar-refractivity contribution < 1.29 is 40.8 Å². The van der Waals surface area contributed by atoms with Gasteiger partial charge in [0, 0.05) is 12.3 Å². The van der Waals surface area contributed by atoms with Crippen LogP contribution in [-0.2, 0) is 19.6 Å². The zero-order valence-corrected chi connectivity index (χ0v) is 14.4. The van der Waals surface area contributed by atoms with E-state index in [2.05, 4.69) is 0 Å². The zero-order valence-electron chi connectivity index (χ0n) is 13.5. The standard InChI is InChI=1S/C14H23F3O6S/c1-3-13(19,4-2)10-6-5-9(10)12(18)23-8-7-11(15)14(16,17)24(20,21)22/h9-11,19H,3-8H2,1-2H3,(H,20,21,22). The first-order valence-corrected chi connectivity index (χ1v) is 9.22. The molecule has 0 heterocycles. The summed E-state index contributed by atoms with van der Waals surface area (Å²) in [6.07, 6.45) is -2.25. The molecule has 3 unspecified atom stereocenters. The second-order valence-electron chi connectivity index (χ2n) is 6.06. The van der Waals surface area contributed by atoms with Crippen molar-refractivity contribution in [1.29, 1.82) is 0 Å². The molecule has 0 spiro atoms. The Morgan fingerprint density at radius 1 is 1.29 bits per heavy atom. The van der Waals surface area contributed by atoms with Crippen LogP contribution in [0, 0.1) is 11.8 Å². The van der Waals surface area contributed by atoms with Crippen molar-refractivity contribution in [2.24, 2.45) is 11.8 Å². The topological polar surface area (TPSA) is 101 Å². The maximum absolute atomic E-state index is 13.3. The van der Waals surface area contributed by atoms with Crippen molar-refractivity contribution in [2.45, 2.75) is 63.0 Å². The largest absolute Gasteiger partial charge is 0.465 e. The molecule has 0 amide bonds. The number of ether oxygens (including phenoxy) is 1. The van der Waals surface area contributed by atoms with Crippen molar-refractivity contribution in [3.8, 4) is 0 Å². The van der Waals surface area contributed by atoms with E-state index in [0.717, 1.165) is 0 Å². The molecule has 0 bridgehead atoms. The molecule has 1 aliphatic rings. The summed E-state index contributed by atoms with van der Waals surface area (Å²) in [6, 6.07) is 0. The maximum Gasteiger partial charge on any atom is 0.400 e. The molecule has 1 saturated carbocycles. The van der Waals surface area contributed by atoms with Crippen molar-refractivity contribution in [2.75, 3.05) is 6.61 Å². The Morgan fingerprint density at radius 3 is 2.21 bits per heavy atom. The Morgan fingerprint density at radius 2 is 1.83 bits per heavy atom. The number of carbonyl (C=O) groups is 1. The van der Waals surface area contributed by atoms with Crippen LogP contribution in [0.25, 0.3) is 0 Å². The fraction of sp³-hybridized carbons (Fsp3) is 0.929. The molecule has 6 nitrogen and oxygen atoms in total. The van der Waals surface area contributed by atoms with E-state index in [0.29, 0.717) is 25.7 Å². The first-order chi connectivity index (χ1) is 10.9. The molecule has 142 valence electrons. The molecule has 0 aliphatic heterocycles. The summed E-state index contributed by atoms with van der Waals surface area (Å²) in [5.74, 6) is -1.62. The van der Waals surface area contributed by atoms with Gasteiger partial charge in [-0.2, -0.15) is 17.2 Å². The molecule has 0 aromatic carbocycles. The minimum Gasteiger partial charge on any atom is -0.465 e. The van der Waals surface area contributed by atoms with E-state index in [4.69, 9.17) is 9.29 Å². The van der Waals surface area contributed by atoms with Crippen LogP contribution in [0.5, 0.6) is 0 Å². The lowest BCUT2D eigenvalue weighted by Gasteiger charge is -2.45. The summed E-state index contributed by atoms with van der Waals surface area (Å²) in [7, 11) is -5.88. The molecule has 0 radical (unpaired) electrons. The highest BCUT2D eigenvalue weighted by molar-refractivity contribution is 7.86. The summed E-state index contributed by atoms with van der Waals surface area (Å²) in [4.78, 5) is 11.9. The lowest BCUT2D eigenvalue weighted by atomic mass is 9.63. The number of halogens is 3. The van der Waals surface area contributed by atoms with E-state index in [1.54, 1.807) is 13.8 Å². The number of carbonyl (C=O) groups excluding carboxylic acids is 1. The quantitative estimate of drug-likeness (QED) is 0.473. The highest BCUT2D eigenvalue weighted by atomic mass is 32.2. The van der Waals surface area contributed by atoms with Gasteiger partial charge in [0.05, 0.1) is 18.1 Å². The van der Waals surface area contributed by atoms with Gasteiger partial charge in [0.1, 0.15) is 0 Å². The maximum atomic E-state index is 13.3. The van der Waals surface area contributed by atoms with Crippen LogP contribution in [0.15, 0.2) is 0 Å². The number of hydrogen-bond acceptors (Lipinski definition) is 5. The first kappa shape index (κ1) is 21.2. The van der Waals surface area contributed by atoms with E-state index in [9.17, 15) is 31.5 Å². The fourth-order valence-corrected chi connectivity index (χ4v) is 3.34. The van der Waals surface area contributed by atoms with E-state index < -0.39 is 52.1 Å². The Labute approximate surface area is 139 Å². The average molecular weight is 376 g/mol. The van der Waals surface area contributed by atoms with Gasteiger partial charge in [0.25, 0.3) is 0 Å². The lowest BCUT2D eigenvalue weighted by Crippen LogP contribution is -2.49. The van der Waals surface area contributed by atoms with Gasteiger partial charge in [-0.25, -0.2) is 4.39 Å². The number of esters is 1. The summed E-state index contributed by atoms with van der Waals surface area (Å²) in [6.45, 7) is 2.83. The van der Waals surface area contributed by atoms with Gasteiger partial charge in [-0.1, -0.05) is 13.8 Å². The summed E-state index contributed by atoms with van der Waals surface area (Å²) in [5, 5.41) is 5.46. The number of alkyl halides is 3. The van der Waals surface area contributed by atoms with Crippen LogP contribution in [0.3, 0.4) is 0 Å². The number of aliphatic hydroxyl groups is 1. The predicted molar refractivity (Wildman–Crippen MR) is 78.7 cm³/mol. The SMILES string of the molecule is CCC(O)(CC)C1CCC1C(=O)OCCC(F)C(F)(F)S(=O)(=O)O. The molecule has 1 fully saturated rings. The van der Waals surface area contributed by atoms with Gasteiger partial charge < -0.3 is 9.84 Å². The van der Waals surface area contributed by atoms with E-state index in [1.165, 1.54) is 0 Å². The minimum absolute atomic E-state index is 0.305. The van der Waals surface area contributed by atoms with Crippen LogP contribution in [0.1, 0.15) is 46.0 Å². The van der Waals surface area contributed by atoms with Gasteiger partial charge in [0.15, 0.2) is 6.17 Å². The van der Waals surface area contributed by atoms with E-state index in [-0.39, 0.29) is 5.92 Å². The molecular weight excluding hydrogens is 353 g/mol. The van der Waals surface area contributed by atoms with Gasteiger partial charge >= 0.3 is 21.3 Å². The molecule has 1 rings (SSSR count). The number of rotatable bonds is 9.